The fraction of sp³-hybridized carbons (Fsp3) is 0.160. The van der Waals surface area contributed by atoms with Gasteiger partial charge < -0.3 is 15.0 Å². The molecule has 0 amide bonds. The summed E-state index contributed by atoms with van der Waals surface area (Å²) in [5, 5.41) is 14.4. The molecule has 0 saturated heterocycles. The van der Waals surface area contributed by atoms with Crippen LogP contribution in [-0.4, -0.2) is 15.6 Å². The Labute approximate surface area is 189 Å². The van der Waals surface area contributed by atoms with E-state index in [1.807, 2.05) is 25.1 Å². The first-order chi connectivity index (χ1) is 15.3. The number of aryl methyl sites for hydroxylation is 1. The van der Waals surface area contributed by atoms with Crippen molar-refractivity contribution in [3.8, 4) is 0 Å². The molecule has 4 aromatic rings. The van der Waals surface area contributed by atoms with Gasteiger partial charge in [0.15, 0.2) is 0 Å². The van der Waals surface area contributed by atoms with Crippen molar-refractivity contribution in [2.45, 2.75) is 26.6 Å². The van der Waals surface area contributed by atoms with Crippen LogP contribution in [0, 0.1) is 18.6 Å². The fourth-order valence-electron chi connectivity index (χ4n) is 3.87. The molecule has 0 unspecified atom stereocenters. The Morgan fingerprint density at radius 3 is 2.41 bits per heavy atom. The normalized spacial score (nSPS) is 11.2. The molecule has 0 spiro atoms. The highest BCUT2D eigenvalue weighted by atomic mass is 35.5. The van der Waals surface area contributed by atoms with E-state index >= 15 is 0 Å². The molecule has 0 aliphatic carbocycles. The zero-order valence-corrected chi connectivity index (χ0v) is 18.1. The van der Waals surface area contributed by atoms with E-state index in [0.717, 1.165) is 22.0 Å². The monoisotopic (exact) mass is 454 g/mol. The van der Waals surface area contributed by atoms with Gasteiger partial charge in [-0.05, 0) is 53.9 Å². The number of carboxylic acid groups (broad SMARTS) is 1. The number of benzene rings is 3. The Kier molecular flexibility index (Phi) is 6.26. The summed E-state index contributed by atoms with van der Waals surface area (Å²) in [7, 11) is 0. The predicted molar refractivity (Wildman–Crippen MR) is 121 cm³/mol. The predicted octanol–water partition coefficient (Wildman–Crippen LogP) is 5.92. The Balaban J connectivity index is 1.73. The van der Waals surface area contributed by atoms with Crippen molar-refractivity contribution in [3.63, 3.8) is 0 Å². The van der Waals surface area contributed by atoms with Gasteiger partial charge in [-0.1, -0.05) is 41.9 Å². The van der Waals surface area contributed by atoms with E-state index < -0.39 is 11.8 Å². The quantitative estimate of drug-likeness (QED) is 0.364. The van der Waals surface area contributed by atoms with E-state index in [9.17, 15) is 18.7 Å². The van der Waals surface area contributed by atoms with Crippen molar-refractivity contribution in [1.29, 1.82) is 0 Å². The first kappa shape index (κ1) is 22.0. The van der Waals surface area contributed by atoms with Crippen LogP contribution < -0.4 is 5.32 Å². The van der Waals surface area contributed by atoms with E-state index in [0.29, 0.717) is 24.2 Å². The number of rotatable bonds is 7. The Morgan fingerprint density at radius 1 is 1.00 bits per heavy atom. The Morgan fingerprint density at radius 2 is 1.72 bits per heavy atom. The molecule has 1 heterocycles. The summed E-state index contributed by atoms with van der Waals surface area (Å²) >= 11 is 6.22. The molecular formula is C25H21ClF2N2O2. The van der Waals surface area contributed by atoms with Gasteiger partial charge in [0.25, 0.3) is 0 Å². The standard InChI is InChI=1S/C25H21ClF2N2O2/c1-15-2-9-20-21(13-29-12-16-3-6-18(27)7-4-16)24(25(31)32)30(23(20)10-15)14-17-5-8-19(28)11-22(17)26/h2-11,29H,12-14H2,1H3,(H,31,32). The van der Waals surface area contributed by atoms with Crippen LogP contribution in [0.15, 0.2) is 60.7 Å². The van der Waals surface area contributed by atoms with E-state index in [4.69, 9.17) is 11.6 Å². The maximum Gasteiger partial charge on any atom is 0.352 e. The van der Waals surface area contributed by atoms with Crippen molar-refractivity contribution >= 4 is 28.5 Å². The van der Waals surface area contributed by atoms with Gasteiger partial charge >= 0.3 is 5.97 Å². The molecule has 7 heteroatoms. The van der Waals surface area contributed by atoms with Crippen LogP contribution >= 0.6 is 11.6 Å². The Hall–Kier alpha value is -3.22. The molecule has 32 heavy (non-hydrogen) atoms. The first-order valence-corrected chi connectivity index (χ1v) is 10.5. The molecule has 0 fully saturated rings. The van der Waals surface area contributed by atoms with E-state index in [2.05, 4.69) is 5.32 Å². The average molecular weight is 455 g/mol. The lowest BCUT2D eigenvalue weighted by atomic mass is 10.1. The lowest BCUT2D eigenvalue weighted by Gasteiger charge is -2.11. The van der Waals surface area contributed by atoms with E-state index in [-0.39, 0.29) is 23.1 Å². The average Bonchev–Trinajstić information content (AvgIpc) is 3.04. The van der Waals surface area contributed by atoms with Gasteiger partial charge in [-0.2, -0.15) is 0 Å². The van der Waals surface area contributed by atoms with Crippen molar-refractivity contribution in [1.82, 2.24) is 9.88 Å². The Bertz CT molecular complexity index is 1300. The number of carboxylic acids is 1. The number of fused-ring (bicyclic) bond motifs is 1. The molecule has 3 aromatic carbocycles. The van der Waals surface area contributed by atoms with Crippen molar-refractivity contribution in [3.05, 3.63) is 105 Å². The zero-order chi connectivity index (χ0) is 22.8. The molecule has 0 aliphatic rings. The van der Waals surface area contributed by atoms with Gasteiger partial charge in [-0.15, -0.1) is 0 Å². The highest BCUT2D eigenvalue weighted by Crippen LogP contribution is 2.30. The third-order valence-electron chi connectivity index (χ3n) is 5.42. The lowest BCUT2D eigenvalue weighted by Crippen LogP contribution is -2.17. The van der Waals surface area contributed by atoms with Gasteiger partial charge in [0.2, 0.25) is 0 Å². The van der Waals surface area contributed by atoms with E-state index in [1.165, 1.54) is 24.3 Å². The minimum absolute atomic E-state index is 0.151. The number of aromatic nitrogens is 1. The summed E-state index contributed by atoms with van der Waals surface area (Å²) in [6.07, 6.45) is 0. The molecule has 0 atom stereocenters. The van der Waals surface area contributed by atoms with Crippen LogP contribution in [0.2, 0.25) is 5.02 Å². The lowest BCUT2D eigenvalue weighted by molar-refractivity contribution is 0.0684. The summed E-state index contributed by atoms with van der Waals surface area (Å²) in [5.41, 5.74) is 4.07. The summed E-state index contributed by atoms with van der Waals surface area (Å²) in [6, 6.07) is 16.0. The van der Waals surface area contributed by atoms with Gasteiger partial charge in [0.05, 0.1) is 0 Å². The molecule has 4 nitrogen and oxygen atoms in total. The molecule has 0 bridgehead atoms. The molecular weight excluding hydrogens is 434 g/mol. The third kappa shape index (κ3) is 4.52. The largest absolute Gasteiger partial charge is 0.477 e. The highest BCUT2D eigenvalue weighted by Gasteiger charge is 2.23. The van der Waals surface area contributed by atoms with Crippen LogP contribution in [0.5, 0.6) is 0 Å². The number of nitrogens with zero attached hydrogens (tertiary/aromatic N) is 1. The van der Waals surface area contributed by atoms with Crippen LogP contribution in [0.25, 0.3) is 10.9 Å². The highest BCUT2D eigenvalue weighted by molar-refractivity contribution is 6.31. The summed E-state index contributed by atoms with van der Waals surface area (Å²) in [6.45, 7) is 2.90. The molecule has 164 valence electrons. The number of nitrogens with one attached hydrogen (secondary N) is 1. The second-order valence-corrected chi connectivity index (χ2v) is 8.11. The second-order valence-electron chi connectivity index (χ2n) is 7.70. The van der Waals surface area contributed by atoms with E-state index in [1.54, 1.807) is 22.8 Å². The number of carbonyl (C=O) groups is 1. The maximum absolute atomic E-state index is 13.5. The number of hydrogen-bond donors (Lipinski definition) is 2. The minimum atomic E-state index is -1.06. The maximum atomic E-state index is 13.5. The molecule has 0 aliphatic heterocycles. The molecule has 4 rings (SSSR count). The molecule has 2 N–H and O–H groups in total. The SMILES string of the molecule is Cc1ccc2c(CNCc3ccc(F)cc3)c(C(=O)O)n(Cc3ccc(F)cc3Cl)c2c1. The van der Waals surface area contributed by atoms with Gasteiger partial charge in [0.1, 0.15) is 17.3 Å². The van der Waals surface area contributed by atoms with Crippen LogP contribution in [0.1, 0.15) is 32.7 Å². The van der Waals surface area contributed by atoms with Gasteiger partial charge in [0, 0.05) is 41.1 Å². The second kappa shape index (κ2) is 9.10. The zero-order valence-electron chi connectivity index (χ0n) is 17.3. The minimum Gasteiger partial charge on any atom is -0.477 e. The summed E-state index contributed by atoms with van der Waals surface area (Å²) in [5.74, 6) is -1.81. The number of hydrogen-bond acceptors (Lipinski definition) is 2. The van der Waals surface area contributed by atoms with Crippen molar-refractivity contribution in [2.24, 2.45) is 0 Å². The van der Waals surface area contributed by atoms with Gasteiger partial charge in [-0.3, -0.25) is 0 Å². The summed E-state index contributed by atoms with van der Waals surface area (Å²) in [4.78, 5) is 12.3. The number of aromatic carboxylic acids is 1. The topological polar surface area (TPSA) is 54.3 Å². The fourth-order valence-corrected chi connectivity index (χ4v) is 4.10. The summed E-state index contributed by atoms with van der Waals surface area (Å²) < 4.78 is 28.3. The molecule has 0 saturated carbocycles. The molecule has 0 radical (unpaired) electrons. The van der Waals surface area contributed by atoms with Gasteiger partial charge in [-0.25, -0.2) is 13.6 Å². The van der Waals surface area contributed by atoms with Crippen LogP contribution in [0.3, 0.4) is 0 Å². The van der Waals surface area contributed by atoms with Crippen LogP contribution in [-0.2, 0) is 19.6 Å². The molecule has 1 aromatic heterocycles. The number of halogens is 3. The van der Waals surface area contributed by atoms with Crippen molar-refractivity contribution in [2.75, 3.05) is 0 Å². The third-order valence-corrected chi connectivity index (χ3v) is 5.77. The first-order valence-electron chi connectivity index (χ1n) is 10.1. The van der Waals surface area contributed by atoms with Crippen LogP contribution in [0.4, 0.5) is 8.78 Å². The van der Waals surface area contributed by atoms with Crippen molar-refractivity contribution < 1.29 is 18.7 Å². The smallest absolute Gasteiger partial charge is 0.352 e.